The zero-order chi connectivity index (χ0) is 48.7. The molecule has 0 saturated heterocycles. The number of hydrogen-bond acceptors (Lipinski definition) is 3. The van der Waals surface area contributed by atoms with E-state index in [2.05, 4.69) is 214 Å². The van der Waals surface area contributed by atoms with E-state index in [0.29, 0.717) is 0 Å². The molecular formula is C65H70N3OPt-. The topological polar surface area (TPSA) is 50.9 Å². The Balaban J connectivity index is 0.00000608. The largest absolute Gasteiger partial charge is 0.507 e. The van der Waals surface area contributed by atoms with Crippen LogP contribution >= 0.6 is 0 Å². The fourth-order valence-electron chi connectivity index (χ4n) is 11.4. The average molecular weight is 1100 g/mol. The number of nitrogens with zero attached hydrogens (tertiary/aromatic N) is 3. The monoisotopic (exact) mass is 1100 g/mol. The number of fused-ring (bicyclic) bond motifs is 3. The summed E-state index contributed by atoms with van der Waals surface area (Å²) in [6.07, 6.45) is 10.7. The molecule has 1 fully saturated rings. The van der Waals surface area contributed by atoms with Gasteiger partial charge in [-0.3, -0.25) is 9.55 Å². The fraction of sp³-hybridized carbons (Fsp3) is 0.354. The molecule has 10 rings (SSSR count). The molecule has 2 aliphatic rings. The van der Waals surface area contributed by atoms with E-state index in [-0.39, 0.29) is 53.9 Å². The Morgan fingerprint density at radius 2 is 1.20 bits per heavy atom. The molecule has 0 bridgehead atoms. The molecule has 2 aliphatic carbocycles. The predicted octanol–water partition coefficient (Wildman–Crippen LogP) is 17.4. The fourth-order valence-corrected chi connectivity index (χ4v) is 11.4. The first kappa shape index (κ1) is 49.4. The molecule has 4 nitrogen and oxygen atoms in total. The minimum Gasteiger partial charge on any atom is -0.507 e. The van der Waals surface area contributed by atoms with Crippen molar-refractivity contribution in [3.8, 4) is 67.5 Å². The number of benzene rings is 6. The number of aromatic hydroxyl groups is 1. The van der Waals surface area contributed by atoms with Gasteiger partial charge in [0.1, 0.15) is 11.6 Å². The van der Waals surface area contributed by atoms with E-state index in [1.165, 1.54) is 66.3 Å². The number of rotatable bonds is 6. The summed E-state index contributed by atoms with van der Waals surface area (Å²) in [7, 11) is 0. The molecule has 0 amide bonds. The Labute approximate surface area is 432 Å². The van der Waals surface area contributed by atoms with Gasteiger partial charge in [0, 0.05) is 44.1 Å². The minimum atomic E-state index is -0.327. The zero-order valence-electron chi connectivity index (χ0n) is 43.3. The van der Waals surface area contributed by atoms with Crippen molar-refractivity contribution in [2.24, 2.45) is 0 Å². The van der Waals surface area contributed by atoms with Gasteiger partial charge < -0.3 is 5.11 Å². The first-order valence-electron chi connectivity index (χ1n) is 25.5. The molecular weight excluding hydrogens is 1030 g/mol. The van der Waals surface area contributed by atoms with Crippen LogP contribution in [0.4, 0.5) is 0 Å². The summed E-state index contributed by atoms with van der Waals surface area (Å²) in [6, 6.07) is 50.4. The summed E-state index contributed by atoms with van der Waals surface area (Å²) >= 11 is 0. The third kappa shape index (κ3) is 9.04. The van der Waals surface area contributed by atoms with Crippen molar-refractivity contribution in [1.82, 2.24) is 14.5 Å². The van der Waals surface area contributed by atoms with Crippen LogP contribution in [0.5, 0.6) is 5.75 Å². The molecule has 1 saturated carbocycles. The molecule has 5 heteroatoms. The summed E-state index contributed by atoms with van der Waals surface area (Å²) < 4.78 is 2.40. The van der Waals surface area contributed by atoms with Crippen molar-refractivity contribution in [3.63, 3.8) is 0 Å². The first-order chi connectivity index (χ1) is 32.7. The van der Waals surface area contributed by atoms with Gasteiger partial charge in [0.2, 0.25) is 0 Å². The van der Waals surface area contributed by atoms with Gasteiger partial charge in [0.15, 0.2) is 0 Å². The number of hydrogen-bond donors (Lipinski definition) is 1. The zero-order valence-corrected chi connectivity index (χ0v) is 45.5. The number of pyridine rings is 1. The smallest absolute Gasteiger partial charge is 0.148 e. The Bertz CT molecular complexity index is 3220. The van der Waals surface area contributed by atoms with Crippen LogP contribution in [-0.4, -0.2) is 19.6 Å². The molecule has 2 heterocycles. The number of aromatic nitrogens is 3. The second-order valence-electron chi connectivity index (χ2n) is 24.1. The Morgan fingerprint density at radius 3 is 1.86 bits per heavy atom. The first-order valence-corrected chi connectivity index (χ1v) is 25.5. The van der Waals surface area contributed by atoms with Crippen LogP contribution in [0, 0.1) is 6.07 Å². The maximum atomic E-state index is 12.8. The van der Waals surface area contributed by atoms with E-state index < -0.39 is 0 Å². The molecule has 362 valence electrons. The van der Waals surface area contributed by atoms with Crippen LogP contribution < -0.4 is 0 Å². The molecule has 0 radical (unpaired) electrons. The van der Waals surface area contributed by atoms with Gasteiger partial charge in [-0.25, -0.2) is 4.98 Å². The van der Waals surface area contributed by atoms with Gasteiger partial charge >= 0.3 is 0 Å². The van der Waals surface area contributed by atoms with E-state index in [9.17, 15) is 5.11 Å². The summed E-state index contributed by atoms with van der Waals surface area (Å²) in [5, 5.41) is 12.8. The molecule has 2 aromatic heterocycles. The molecule has 6 aromatic carbocycles. The van der Waals surface area contributed by atoms with Gasteiger partial charge in [-0.2, -0.15) is 0 Å². The molecule has 1 spiro atoms. The molecule has 70 heavy (non-hydrogen) atoms. The number of phenols is 1. The molecule has 0 aliphatic heterocycles. The normalized spacial score (nSPS) is 15.7. The molecule has 0 atom stereocenters. The Hall–Kier alpha value is -5.57. The molecule has 8 aromatic rings. The average Bonchev–Trinajstić information content (AvgIpc) is 3.72. The summed E-state index contributed by atoms with van der Waals surface area (Å²) in [4.78, 5) is 10.8. The van der Waals surface area contributed by atoms with Gasteiger partial charge in [0.25, 0.3) is 0 Å². The van der Waals surface area contributed by atoms with Crippen LogP contribution in [-0.2, 0) is 48.1 Å². The SMILES string of the molecule is CC(C)(C)c1cc(-c2cc(-c3ccccc3)ccn2)[c-]c(-c2cccc3c2nc(-c2cc(C(C)(C)C)cc(C(C)(C)C)c2O)n3-c2cc3c(cc2-c2ccccc2)C2(CCCCC2)CCC3(C)C)c1.[Pt]. The van der Waals surface area contributed by atoms with Gasteiger partial charge in [-0.05, 0) is 116 Å². The van der Waals surface area contributed by atoms with Gasteiger partial charge in [0.05, 0.1) is 22.3 Å². The van der Waals surface area contributed by atoms with Crippen molar-refractivity contribution in [3.05, 3.63) is 167 Å². The maximum absolute atomic E-state index is 12.8. The van der Waals surface area contributed by atoms with Crippen molar-refractivity contribution in [1.29, 1.82) is 0 Å². The second-order valence-corrected chi connectivity index (χ2v) is 24.1. The summed E-state index contributed by atoms with van der Waals surface area (Å²) in [5.41, 5.74) is 17.8. The maximum Gasteiger partial charge on any atom is 0.148 e. The van der Waals surface area contributed by atoms with Crippen LogP contribution in [0.3, 0.4) is 0 Å². The molecule has 0 unspecified atom stereocenters. The third-order valence-corrected chi connectivity index (χ3v) is 15.7. The quantitative estimate of drug-likeness (QED) is 0.169. The third-order valence-electron chi connectivity index (χ3n) is 15.7. The van der Waals surface area contributed by atoms with Crippen LogP contribution in [0.25, 0.3) is 72.7 Å². The second kappa shape index (κ2) is 18.2. The van der Waals surface area contributed by atoms with Crippen molar-refractivity contribution in [2.45, 2.75) is 148 Å². The van der Waals surface area contributed by atoms with Crippen LogP contribution in [0.15, 0.2) is 134 Å². The van der Waals surface area contributed by atoms with Crippen molar-refractivity contribution < 1.29 is 26.2 Å². The van der Waals surface area contributed by atoms with Gasteiger partial charge in [-0.15, -0.1) is 29.3 Å². The van der Waals surface area contributed by atoms with Crippen LogP contribution in [0.1, 0.15) is 149 Å². The Kier molecular flexibility index (Phi) is 12.9. The molecule has 1 N–H and O–H groups in total. The van der Waals surface area contributed by atoms with Crippen molar-refractivity contribution >= 4 is 11.0 Å². The summed E-state index contributed by atoms with van der Waals surface area (Å²) in [6.45, 7) is 25.1. The van der Waals surface area contributed by atoms with E-state index in [0.717, 1.165) is 79.2 Å². The number of imidazole rings is 1. The standard InChI is InChI=1S/C65H70N3O.Pt/c1-61(2,3)47-35-45(34-46(36-47)55-37-44(28-33-66-55)42-22-15-12-16-23-42)49-26-21-27-56-58(49)67-60(51-38-48(62(4,5)6)39-54(59(51)69)63(7,8)9)68(56)57-41-52-53(40-50(57)43-24-17-13-18-25-43)65(29-19-14-20-30-65)32-31-64(52,10)11;/h12-13,15-18,21-28,33,35-41,69H,14,19-20,29-32H2,1-11H3;/q-1;. The van der Waals surface area contributed by atoms with Crippen molar-refractivity contribution in [2.75, 3.05) is 0 Å². The van der Waals surface area contributed by atoms with E-state index >= 15 is 0 Å². The van der Waals surface area contributed by atoms with E-state index in [1.807, 2.05) is 6.20 Å². The number of para-hydroxylation sites is 1. The van der Waals surface area contributed by atoms with Gasteiger partial charge in [-0.1, -0.05) is 191 Å². The van der Waals surface area contributed by atoms with Crippen LogP contribution in [0.2, 0.25) is 0 Å². The minimum absolute atomic E-state index is 0. The summed E-state index contributed by atoms with van der Waals surface area (Å²) in [5.74, 6) is 1.01. The number of phenolic OH excluding ortho intramolecular Hbond substituents is 1. The van der Waals surface area contributed by atoms with E-state index in [1.54, 1.807) is 0 Å². The van der Waals surface area contributed by atoms with E-state index in [4.69, 9.17) is 9.97 Å². The predicted molar refractivity (Wildman–Crippen MR) is 290 cm³/mol. The Morgan fingerprint density at radius 1 is 0.557 bits per heavy atom.